The maximum atomic E-state index is 12.3. The van der Waals surface area contributed by atoms with E-state index in [2.05, 4.69) is 30.4 Å². The first-order valence-corrected chi connectivity index (χ1v) is 7.34. The molecule has 1 aliphatic heterocycles. The number of amides is 1. The standard InChI is InChI=1S/C14H16N8O/c1-9-16-18-12-3-4-13(19-22(9)12)21-7-10(8-21)20(2)14(23)11-5-6-15-17-11/h3-6,10H,7-8H2,1-2H3,(H,15,17). The largest absolute Gasteiger partial charge is 0.351 e. The van der Waals surface area contributed by atoms with Gasteiger partial charge in [-0.15, -0.1) is 15.3 Å². The van der Waals surface area contributed by atoms with Gasteiger partial charge in [0, 0.05) is 26.3 Å². The Morgan fingerprint density at radius 2 is 2.13 bits per heavy atom. The molecule has 0 aromatic carbocycles. The SMILES string of the molecule is Cc1nnc2ccc(N3CC(N(C)C(=O)c4ccn[nH]4)C3)nn12. The Morgan fingerprint density at radius 1 is 1.30 bits per heavy atom. The lowest BCUT2D eigenvalue weighted by atomic mass is 10.1. The fourth-order valence-corrected chi connectivity index (χ4v) is 2.67. The van der Waals surface area contributed by atoms with E-state index in [1.54, 1.807) is 21.7 Å². The molecular formula is C14H16N8O. The number of fused-ring (bicyclic) bond motifs is 1. The summed E-state index contributed by atoms with van der Waals surface area (Å²) in [6, 6.07) is 5.66. The molecule has 1 fully saturated rings. The fourth-order valence-electron chi connectivity index (χ4n) is 2.67. The van der Waals surface area contributed by atoms with Gasteiger partial charge in [-0.05, 0) is 25.1 Å². The normalized spacial score (nSPS) is 15.0. The number of rotatable bonds is 3. The van der Waals surface area contributed by atoms with Crippen molar-refractivity contribution in [3.05, 3.63) is 35.9 Å². The third-order valence-corrected chi connectivity index (χ3v) is 4.19. The van der Waals surface area contributed by atoms with Crippen molar-refractivity contribution in [3.63, 3.8) is 0 Å². The van der Waals surface area contributed by atoms with Gasteiger partial charge in [0.05, 0.1) is 6.04 Å². The highest BCUT2D eigenvalue weighted by Gasteiger charge is 2.34. The molecule has 0 aliphatic carbocycles. The van der Waals surface area contributed by atoms with Crippen molar-refractivity contribution in [2.45, 2.75) is 13.0 Å². The molecule has 4 rings (SSSR count). The van der Waals surface area contributed by atoms with Gasteiger partial charge in [-0.25, -0.2) is 0 Å². The molecular weight excluding hydrogens is 296 g/mol. The minimum atomic E-state index is -0.0507. The van der Waals surface area contributed by atoms with Gasteiger partial charge in [0.1, 0.15) is 11.5 Å². The van der Waals surface area contributed by atoms with Crippen LogP contribution in [0.4, 0.5) is 5.82 Å². The van der Waals surface area contributed by atoms with Crippen LogP contribution in [0.2, 0.25) is 0 Å². The minimum Gasteiger partial charge on any atom is -0.351 e. The van der Waals surface area contributed by atoms with Gasteiger partial charge in [-0.3, -0.25) is 9.89 Å². The van der Waals surface area contributed by atoms with E-state index in [1.165, 1.54) is 0 Å². The highest BCUT2D eigenvalue weighted by molar-refractivity contribution is 5.92. The molecule has 118 valence electrons. The van der Waals surface area contributed by atoms with Gasteiger partial charge in [-0.2, -0.15) is 9.61 Å². The van der Waals surface area contributed by atoms with E-state index in [9.17, 15) is 4.79 Å². The molecule has 0 saturated carbocycles. The summed E-state index contributed by atoms with van der Waals surface area (Å²) in [4.78, 5) is 16.1. The Balaban J connectivity index is 1.46. The summed E-state index contributed by atoms with van der Waals surface area (Å²) >= 11 is 0. The molecule has 0 atom stereocenters. The molecule has 0 bridgehead atoms. The predicted molar refractivity (Wildman–Crippen MR) is 82.2 cm³/mol. The van der Waals surface area contributed by atoms with Gasteiger partial charge in [0.25, 0.3) is 5.91 Å². The summed E-state index contributed by atoms with van der Waals surface area (Å²) in [5.74, 6) is 1.56. The fraction of sp³-hybridized carbons (Fsp3) is 0.357. The van der Waals surface area contributed by atoms with E-state index in [-0.39, 0.29) is 11.9 Å². The maximum absolute atomic E-state index is 12.3. The summed E-state index contributed by atoms with van der Waals surface area (Å²) in [6.45, 7) is 3.36. The molecule has 1 amide bonds. The van der Waals surface area contributed by atoms with Gasteiger partial charge in [-0.1, -0.05) is 0 Å². The molecule has 9 nitrogen and oxygen atoms in total. The molecule has 0 unspecified atom stereocenters. The van der Waals surface area contributed by atoms with Crippen molar-refractivity contribution in [3.8, 4) is 0 Å². The van der Waals surface area contributed by atoms with E-state index < -0.39 is 0 Å². The van der Waals surface area contributed by atoms with E-state index >= 15 is 0 Å². The van der Waals surface area contributed by atoms with Gasteiger partial charge in [0.15, 0.2) is 11.5 Å². The van der Waals surface area contributed by atoms with Crippen LogP contribution in [0.15, 0.2) is 24.4 Å². The smallest absolute Gasteiger partial charge is 0.271 e. The number of likely N-dealkylation sites (N-methyl/N-ethyl adjacent to an activating group) is 1. The van der Waals surface area contributed by atoms with Crippen LogP contribution in [-0.2, 0) is 0 Å². The third kappa shape index (κ3) is 2.20. The zero-order chi connectivity index (χ0) is 16.0. The second-order valence-corrected chi connectivity index (χ2v) is 5.65. The van der Waals surface area contributed by atoms with E-state index in [1.807, 2.05) is 26.1 Å². The van der Waals surface area contributed by atoms with Crippen LogP contribution >= 0.6 is 0 Å². The topological polar surface area (TPSA) is 95.3 Å². The molecule has 1 N–H and O–H groups in total. The summed E-state index contributed by atoms with van der Waals surface area (Å²) in [6.07, 6.45) is 1.58. The van der Waals surface area contributed by atoms with Crippen molar-refractivity contribution < 1.29 is 4.79 Å². The van der Waals surface area contributed by atoms with Crippen molar-refractivity contribution in [1.82, 2.24) is 34.9 Å². The van der Waals surface area contributed by atoms with Gasteiger partial charge in [0.2, 0.25) is 0 Å². The second kappa shape index (κ2) is 5.04. The van der Waals surface area contributed by atoms with Crippen molar-refractivity contribution in [2.75, 3.05) is 25.0 Å². The highest BCUT2D eigenvalue weighted by Crippen LogP contribution is 2.22. The molecule has 1 saturated heterocycles. The number of nitrogens with zero attached hydrogens (tertiary/aromatic N) is 7. The Bertz CT molecular complexity index is 849. The second-order valence-electron chi connectivity index (χ2n) is 5.65. The van der Waals surface area contributed by atoms with E-state index in [0.717, 1.165) is 30.4 Å². The van der Waals surface area contributed by atoms with Crippen molar-refractivity contribution in [2.24, 2.45) is 0 Å². The lowest BCUT2D eigenvalue weighted by molar-refractivity contribution is 0.0699. The van der Waals surface area contributed by atoms with E-state index in [0.29, 0.717) is 5.69 Å². The van der Waals surface area contributed by atoms with Crippen LogP contribution in [0.5, 0.6) is 0 Å². The number of H-pyrrole nitrogens is 1. The highest BCUT2D eigenvalue weighted by atomic mass is 16.2. The zero-order valence-electron chi connectivity index (χ0n) is 12.8. The molecule has 4 heterocycles. The number of carbonyl (C=O) groups excluding carboxylic acids is 1. The Morgan fingerprint density at radius 3 is 2.87 bits per heavy atom. The Hall–Kier alpha value is -2.97. The molecule has 3 aromatic heterocycles. The first-order valence-electron chi connectivity index (χ1n) is 7.34. The van der Waals surface area contributed by atoms with Crippen LogP contribution in [0.25, 0.3) is 5.65 Å². The van der Waals surface area contributed by atoms with E-state index in [4.69, 9.17) is 0 Å². The summed E-state index contributed by atoms with van der Waals surface area (Å²) in [7, 11) is 1.81. The summed E-state index contributed by atoms with van der Waals surface area (Å²) < 4.78 is 1.72. The number of hydrogen-bond donors (Lipinski definition) is 1. The van der Waals surface area contributed by atoms with Crippen LogP contribution in [0, 0.1) is 6.92 Å². The molecule has 0 spiro atoms. The average Bonchev–Trinajstić information content (AvgIpc) is 3.15. The third-order valence-electron chi connectivity index (χ3n) is 4.19. The first kappa shape index (κ1) is 13.7. The molecule has 23 heavy (non-hydrogen) atoms. The predicted octanol–water partition coefficient (Wildman–Crippen LogP) is 0.117. The van der Waals surface area contributed by atoms with Crippen molar-refractivity contribution in [1.29, 1.82) is 0 Å². The van der Waals surface area contributed by atoms with Gasteiger partial charge >= 0.3 is 0 Å². The maximum Gasteiger partial charge on any atom is 0.271 e. The Kier molecular flexibility index (Phi) is 3.00. The monoisotopic (exact) mass is 312 g/mol. The van der Waals surface area contributed by atoms with Crippen LogP contribution in [-0.4, -0.2) is 67.0 Å². The Labute approximate surface area is 131 Å². The zero-order valence-corrected chi connectivity index (χ0v) is 12.8. The lowest BCUT2D eigenvalue weighted by Gasteiger charge is -2.44. The number of carbonyl (C=O) groups is 1. The van der Waals surface area contributed by atoms with Crippen molar-refractivity contribution >= 4 is 17.4 Å². The van der Waals surface area contributed by atoms with Gasteiger partial charge < -0.3 is 9.80 Å². The van der Waals surface area contributed by atoms with Crippen LogP contribution in [0.3, 0.4) is 0 Å². The molecule has 0 radical (unpaired) electrons. The average molecular weight is 312 g/mol. The number of aromatic amines is 1. The number of aryl methyl sites for hydroxylation is 1. The quantitative estimate of drug-likeness (QED) is 0.738. The lowest BCUT2D eigenvalue weighted by Crippen LogP contribution is -2.60. The number of anilines is 1. The number of hydrogen-bond acceptors (Lipinski definition) is 6. The number of nitrogens with one attached hydrogen (secondary N) is 1. The molecule has 1 aliphatic rings. The van der Waals surface area contributed by atoms with Crippen LogP contribution in [0.1, 0.15) is 16.3 Å². The minimum absolute atomic E-state index is 0.0507. The summed E-state index contributed by atoms with van der Waals surface area (Å²) in [5.41, 5.74) is 1.24. The first-order chi connectivity index (χ1) is 11.1. The molecule has 3 aromatic rings. The molecule has 9 heteroatoms. The summed E-state index contributed by atoms with van der Waals surface area (Å²) in [5, 5.41) is 19.1. The number of aromatic nitrogens is 6. The van der Waals surface area contributed by atoms with Crippen LogP contribution < -0.4 is 4.90 Å².